The molecule has 0 saturated carbocycles. The number of hydrogen-bond donors (Lipinski definition) is 1. The summed E-state index contributed by atoms with van der Waals surface area (Å²) in [7, 11) is 0. The molecule has 0 aliphatic rings. The normalized spacial score (nSPS) is 13.0. The molecule has 1 heterocycles. The number of carbonyl (C=O) groups excluding carboxylic acids is 1. The highest BCUT2D eigenvalue weighted by molar-refractivity contribution is 5.96. The van der Waals surface area contributed by atoms with Crippen LogP contribution in [0.15, 0.2) is 24.3 Å². The molecular formula is C17H20F3N3O. The third-order valence-corrected chi connectivity index (χ3v) is 3.99. The Labute approximate surface area is 138 Å². The van der Waals surface area contributed by atoms with E-state index in [1.165, 1.54) is 12.1 Å². The van der Waals surface area contributed by atoms with Crippen molar-refractivity contribution in [1.29, 1.82) is 0 Å². The van der Waals surface area contributed by atoms with Gasteiger partial charge in [0.1, 0.15) is 0 Å². The number of nitrogens with one attached hydrogen (secondary N) is 1. The van der Waals surface area contributed by atoms with Crippen LogP contribution in [-0.4, -0.2) is 15.7 Å². The van der Waals surface area contributed by atoms with Crippen molar-refractivity contribution < 1.29 is 18.0 Å². The van der Waals surface area contributed by atoms with Gasteiger partial charge in [-0.1, -0.05) is 12.1 Å². The first-order chi connectivity index (χ1) is 11.1. The Morgan fingerprint density at radius 1 is 1.25 bits per heavy atom. The summed E-state index contributed by atoms with van der Waals surface area (Å²) in [4.78, 5) is 12.5. The van der Waals surface area contributed by atoms with Crippen molar-refractivity contribution in [2.75, 3.05) is 0 Å². The van der Waals surface area contributed by atoms with E-state index in [9.17, 15) is 18.0 Å². The third kappa shape index (κ3) is 3.60. The molecule has 0 radical (unpaired) electrons. The number of alkyl halides is 3. The summed E-state index contributed by atoms with van der Waals surface area (Å²) in [5.41, 5.74) is 1.81. The predicted octanol–water partition coefficient (Wildman–Crippen LogP) is 4.03. The standard InChI is InChI=1S/C17H20F3N3O/c1-5-23-12(4)15(11(3)22-23)16(24)21-10(2)13-6-8-14(9-7-13)17(18,19)20/h6-10H,5H2,1-4H3,(H,21,24)/t10-/m1/s1. The van der Waals surface area contributed by atoms with E-state index in [4.69, 9.17) is 0 Å². The van der Waals surface area contributed by atoms with Crippen LogP contribution in [0.25, 0.3) is 0 Å². The van der Waals surface area contributed by atoms with E-state index in [0.717, 1.165) is 17.8 Å². The number of aryl methyl sites for hydroxylation is 2. The molecule has 1 amide bonds. The van der Waals surface area contributed by atoms with E-state index in [1.807, 2.05) is 13.8 Å². The van der Waals surface area contributed by atoms with Crippen molar-refractivity contribution in [1.82, 2.24) is 15.1 Å². The topological polar surface area (TPSA) is 46.9 Å². The van der Waals surface area contributed by atoms with Gasteiger partial charge in [-0.25, -0.2) is 0 Å². The average Bonchev–Trinajstić information content (AvgIpc) is 2.80. The second-order valence-electron chi connectivity index (χ2n) is 5.68. The zero-order chi connectivity index (χ0) is 18.1. The Hall–Kier alpha value is -2.31. The van der Waals surface area contributed by atoms with Crippen LogP contribution in [0.5, 0.6) is 0 Å². The monoisotopic (exact) mass is 339 g/mol. The molecule has 2 aromatic rings. The van der Waals surface area contributed by atoms with Crippen LogP contribution >= 0.6 is 0 Å². The fraction of sp³-hybridized carbons (Fsp3) is 0.412. The van der Waals surface area contributed by atoms with Gasteiger partial charge in [0, 0.05) is 12.2 Å². The fourth-order valence-electron chi connectivity index (χ4n) is 2.65. The van der Waals surface area contributed by atoms with Crippen LogP contribution in [-0.2, 0) is 12.7 Å². The lowest BCUT2D eigenvalue weighted by Crippen LogP contribution is -2.27. The summed E-state index contributed by atoms with van der Waals surface area (Å²) in [6.45, 7) is 7.91. The molecule has 0 aliphatic carbocycles. The van der Waals surface area contributed by atoms with Crippen molar-refractivity contribution >= 4 is 5.91 Å². The van der Waals surface area contributed by atoms with E-state index in [-0.39, 0.29) is 5.91 Å². The van der Waals surface area contributed by atoms with Gasteiger partial charge in [0.05, 0.1) is 22.9 Å². The maximum atomic E-state index is 12.6. The molecule has 1 aromatic carbocycles. The fourth-order valence-corrected chi connectivity index (χ4v) is 2.65. The molecule has 0 bridgehead atoms. The number of rotatable bonds is 4. The number of hydrogen-bond acceptors (Lipinski definition) is 2. The summed E-state index contributed by atoms with van der Waals surface area (Å²) in [6.07, 6.45) is -4.37. The van der Waals surface area contributed by atoms with Crippen LogP contribution in [0.2, 0.25) is 0 Å². The van der Waals surface area contributed by atoms with Gasteiger partial charge in [-0.2, -0.15) is 18.3 Å². The van der Waals surface area contributed by atoms with Gasteiger partial charge in [0.25, 0.3) is 5.91 Å². The number of benzene rings is 1. The van der Waals surface area contributed by atoms with E-state index < -0.39 is 17.8 Å². The third-order valence-electron chi connectivity index (χ3n) is 3.99. The zero-order valence-corrected chi connectivity index (χ0v) is 14.0. The van der Waals surface area contributed by atoms with Crippen molar-refractivity contribution in [2.45, 2.75) is 46.5 Å². The highest BCUT2D eigenvalue weighted by Crippen LogP contribution is 2.30. The molecule has 0 aliphatic heterocycles. The summed E-state index contributed by atoms with van der Waals surface area (Å²) in [6, 6.07) is 4.38. The Bertz CT molecular complexity index is 733. The molecule has 1 N–H and O–H groups in total. The van der Waals surface area contributed by atoms with Gasteiger partial charge in [0.2, 0.25) is 0 Å². The lowest BCUT2D eigenvalue weighted by molar-refractivity contribution is -0.137. The van der Waals surface area contributed by atoms with Gasteiger partial charge in [-0.3, -0.25) is 9.48 Å². The lowest BCUT2D eigenvalue weighted by Gasteiger charge is -2.16. The number of carbonyl (C=O) groups is 1. The Balaban J connectivity index is 2.16. The van der Waals surface area contributed by atoms with Crippen LogP contribution in [0.3, 0.4) is 0 Å². The number of halogens is 3. The number of amides is 1. The summed E-state index contributed by atoms with van der Waals surface area (Å²) in [5, 5.41) is 7.12. The lowest BCUT2D eigenvalue weighted by atomic mass is 10.0. The minimum Gasteiger partial charge on any atom is -0.345 e. The smallest absolute Gasteiger partial charge is 0.345 e. The first kappa shape index (κ1) is 18.0. The Kier molecular flexibility index (Phi) is 5.01. The molecule has 2 rings (SSSR count). The molecule has 1 aromatic heterocycles. The van der Waals surface area contributed by atoms with Crippen molar-refractivity contribution in [2.24, 2.45) is 0 Å². The summed E-state index contributed by atoms with van der Waals surface area (Å²) < 4.78 is 39.5. The van der Waals surface area contributed by atoms with E-state index in [1.54, 1.807) is 18.5 Å². The molecule has 0 spiro atoms. The van der Waals surface area contributed by atoms with Gasteiger partial charge < -0.3 is 5.32 Å². The van der Waals surface area contributed by atoms with E-state index in [2.05, 4.69) is 10.4 Å². The van der Waals surface area contributed by atoms with E-state index in [0.29, 0.717) is 23.4 Å². The van der Waals surface area contributed by atoms with Crippen molar-refractivity contribution in [3.63, 3.8) is 0 Å². The molecule has 1 atom stereocenters. The Morgan fingerprint density at radius 3 is 2.29 bits per heavy atom. The quantitative estimate of drug-likeness (QED) is 0.914. The van der Waals surface area contributed by atoms with Crippen LogP contribution in [0.4, 0.5) is 13.2 Å². The van der Waals surface area contributed by atoms with Crippen molar-refractivity contribution in [3.8, 4) is 0 Å². The maximum absolute atomic E-state index is 12.6. The average molecular weight is 339 g/mol. The molecule has 0 unspecified atom stereocenters. The van der Waals surface area contributed by atoms with Crippen LogP contribution in [0, 0.1) is 13.8 Å². The van der Waals surface area contributed by atoms with Gasteiger partial charge in [-0.15, -0.1) is 0 Å². The molecule has 7 heteroatoms. The molecule has 130 valence electrons. The first-order valence-electron chi connectivity index (χ1n) is 7.67. The van der Waals surface area contributed by atoms with Crippen LogP contribution in [0.1, 0.15) is 52.8 Å². The highest BCUT2D eigenvalue weighted by Gasteiger charge is 2.30. The maximum Gasteiger partial charge on any atom is 0.416 e. The second kappa shape index (κ2) is 6.67. The SMILES string of the molecule is CCn1nc(C)c(C(=O)N[C@H](C)c2ccc(C(F)(F)F)cc2)c1C. The first-order valence-corrected chi connectivity index (χ1v) is 7.67. The Morgan fingerprint density at radius 2 is 1.83 bits per heavy atom. The molecule has 0 fully saturated rings. The van der Waals surface area contributed by atoms with E-state index >= 15 is 0 Å². The number of aromatic nitrogens is 2. The molecule has 4 nitrogen and oxygen atoms in total. The zero-order valence-electron chi connectivity index (χ0n) is 14.0. The number of nitrogens with zero attached hydrogens (tertiary/aromatic N) is 2. The minimum atomic E-state index is -4.37. The second-order valence-corrected chi connectivity index (χ2v) is 5.68. The highest BCUT2D eigenvalue weighted by atomic mass is 19.4. The molecule has 24 heavy (non-hydrogen) atoms. The molecular weight excluding hydrogens is 319 g/mol. The van der Waals surface area contributed by atoms with Gasteiger partial charge in [-0.05, 0) is 45.4 Å². The van der Waals surface area contributed by atoms with Gasteiger partial charge in [0.15, 0.2) is 0 Å². The molecule has 0 saturated heterocycles. The largest absolute Gasteiger partial charge is 0.416 e. The summed E-state index contributed by atoms with van der Waals surface area (Å²) in [5.74, 6) is -0.280. The summed E-state index contributed by atoms with van der Waals surface area (Å²) >= 11 is 0. The minimum absolute atomic E-state index is 0.280. The van der Waals surface area contributed by atoms with Crippen molar-refractivity contribution in [3.05, 3.63) is 52.3 Å². The predicted molar refractivity (Wildman–Crippen MR) is 84.7 cm³/mol. The van der Waals surface area contributed by atoms with Gasteiger partial charge >= 0.3 is 6.18 Å². The van der Waals surface area contributed by atoms with Crippen LogP contribution < -0.4 is 5.32 Å².